The predicted octanol–water partition coefficient (Wildman–Crippen LogP) is 9.56. The molecule has 4 rings (SSSR count). The van der Waals surface area contributed by atoms with Gasteiger partial charge in [-0.15, -0.1) is 0 Å². The van der Waals surface area contributed by atoms with Crippen LogP contribution in [-0.2, 0) is 19.2 Å². The number of halogens is 4. The van der Waals surface area contributed by atoms with Crippen LogP contribution in [0.2, 0.25) is 0 Å². The first kappa shape index (κ1) is 55.6. The third-order valence-corrected chi connectivity index (χ3v) is 7.07. The Bertz CT molecular complexity index is 1240. The number of ether oxygens (including phenoxy) is 4. The third-order valence-electron chi connectivity index (χ3n) is 4.20. The van der Waals surface area contributed by atoms with Gasteiger partial charge in [0.15, 0.2) is 0 Å². The van der Waals surface area contributed by atoms with E-state index in [9.17, 15) is 0 Å². The van der Waals surface area contributed by atoms with E-state index in [4.69, 9.17) is 58.6 Å². The van der Waals surface area contributed by atoms with E-state index < -0.39 is 23.9 Å². The topological polar surface area (TPSA) is 186 Å². The summed E-state index contributed by atoms with van der Waals surface area (Å²) in [4.78, 5) is 36.0. The minimum atomic E-state index is -0.833. The van der Waals surface area contributed by atoms with Crippen molar-refractivity contribution in [3.8, 4) is 23.0 Å². The monoisotopic (exact) mass is 1180 g/mol. The van der Waals surface area contributed by atoms with Gasteiger partial charge in [0.1, 0.15) is 23.0 Å². The van der Waals surface area contributed by atoms with Gasteiger partial charge in [-0.1, -0.05) is 0 Å². The number of hydrogen-bond donors (Lipinski definition) is 4. The Morgan fingerprint density at radius 1 is 0.346 bits per heavy atom. The first-order chi connectivity index (χ1) is 24.2. The fourth-order valence-electron chi connectivity index (χ4n) is 2.28. The van der Waals surface area contributed by atoms with E-state index >= 15 is 0 Å². The molecule has 0 unspecified atom stereocenters. The van der Waals surface area contributed by atoms with Gasteiger partial charge in [-0.2, -0.15) is 0 Å². The first-order valence-electron chi connectivity index (χ1n) is 14.2. The molecule has 0 bridgehead atoms. The van der Waals surface area contributed by atoms with Crippen molar-refractivity contribution >= 4 is 114 Å². The Kier molecular flexibility index (Phi) is 40.3. The quantitative estimate of drug-likeness (QED) is 0.142. The molecule has 0 fully saturated rings. The van der Waals surface area contributed by atoms with Crippen LogP contribution in [0.4, 0.5) is 0 Å². The molecule has 4 aromatic carbocycles. The molecular formula is C36H44I4O12. The van der Waals surface area contributed by atoms with E-state index in [0.29, 0.717) is 0 Å². The summed E-state index contributed by atoms with van der Waals surface area (Å²) in [6.07, 6.45) is 0. The van der Waals surface area contributed by atoms with Crippen molar-refractivity contribution in [2.45, 2.75) is 27.7 Å². The second kappa shape index (κ2) is 37.6. The van der Waals surface area contributed by atoms with Crippen LogP contribution >= 0.6 is 90.4 Å². The fourth-order valence-corrected chi connectivity index (χ4v) is 3.72. The highest BCUT2D eigenvalue weighted by molar-refractivity contribution is 14.1. The molecule has 0 aliphatic heterocycles. The van der Waals surface area contributed by atoms with Crippen LogP contribution in [0, 0.1) is 14.3 Å². The normalized spacial score (nSPS) is 8.23. The molecule has 12 nitrogen and oxygen atoms in total. The molecule has 52 heavy (non-hydrogen) atoms. The van der Waals surface area contributed by atoms with Crippen molar-refractivity contribution in [3.05, 3.63) is 111 Å². The Morgan fingerprint density at radius 2 is 0.442 bits per heavy atom. The van der Waals surface area contributed by atoms with Crippen LogP contribution in [0.1, 0.15) is 27.7 Å². The zero-order valence-corrected chi connectivity index (χ0v) is 38.4. The smallest absolute Gasteiger partial charge is 0.300 e. The zero-order valence-electron chi connectivity index (χ0n) is 29.8. The Labute approximate surface area is 359 Å². The predicted molar refractivity (Wildman–Crippen MR) is 236 cm³/mol. The molecule has 0 aliphatic carbocycles. The van der Waals surface area contributed by atoms with Crippen LogP contribution < -0.4 is 18.9 Å². The molecule has 0 aromatic heterocycles. The number of carbonyl (C=O) groups is 4. The van der Waals surface area contributed by atoms with E-state index in [1.165, 1.54) is 14.3 Å². The van der Waals surface area contributed by atoms with Crippen molar-refractivity contribution in [1.29, 1.82) is 0 Å². The highest BCUT2D eigenvalue weighted by Gasteiger charge is 1.89. The van der Waals surface area contributed by atoms with E-state index in [1.807, 2.05) is 97.1 Å². The van der Waals surface area contributed by atoms with Gasteiger partial charge in [0, 0.05) is 42.0 Å². The lowest BCUT2D eigenvalue weighted by atomic mass is 10.3. The molecule has 0 atom stereocenters. The van der Waals surface area contributed by atoms with Crippen molar-refractivity contribution in [1.82, 2.24) is 0 Å². The second-order valence-corrected chi connectivity index (χ2v) is 13.7. The molecule has 0 spiro atoms. The molecular weight excluding hydrogens is 1130 g/mol. The number of carboxylic acids is 4. The summed E-state index contributed by atoms with van der Waals surface area (Å²) in [5, 5.41) is 29.7. The number of carboxylic acid groups (broad SMARTS) is 4. The summed E-state index contributed by atoms with van der Waals surface area (Å²) in [5.41, 5.74) is 0. The van der Waals surface area contributed by atoms with Crippen molar-refractivity contribution < 1.29 is 58.6 Å². The van der Waals surface area contributed by atoms with Crippen molar-refractivity contribution in [2.24, 2.45) is 0 Å². The average Bonchev–Trinajstić information content (AvgIpc) is 3.06. The Hall–Kier alpha value is -3.12. The molecule has 0 heterocycles. The standard InChI is InChI=1S/4C7H7IO.4C2H4O2/c4*1-9-7-4-2-6(8)3-5-7;4*1-2(3)4/h4*2-5H,1H3;4*1H3,(H,3,4). The molecule has 0 radical (unpaired) electrons. The lowest BCUT2D eigenvalue weighted by molar-refractivity contribution is -0.135. The summed E-state index contributed by atoms with van der Waals surface area (Å²) in [7, 11) is 6.68. The van der Waals surface area contributed by atoms with Crippen molar-refractivity contribution in [2.75, 3.05) is 28.4 Å². The maximum absolute atomic E-state index is 9.00. The highest BCUT2D eigenvalue weighted by Crippen LogP contribution is 2.14. The molecule has 288 valence electrons. The minimum Gasteiger partial charge on any atom is -0.497 e. The number of rotatable bonds is 4. The van der Waals surface area contributed by atoms with Gasteiger partial charge >= 0.3 is 0 Å². The van der Waals surface area contributed by atoms with Gasteiger partial charge in [0.05, 0.1) is 28.4 Å². The van der Waals surface area contributed by atoms with Crippen LogP contribution in [0.15, 0.2) is 97.1 Å². The largest absolute Gasteiger partial charge is 0.497 e. The summed E-state index contributed by atoms with van der Waals surface area (Å²) in [5.74, 6) is 0.316. The summed E-state index contributed by atoms with van der Waals surface area (Å²) in [6.45, 7) is 4.33. The van der Waals surface area contributed by atoms with Gasteiger partial charge in [-0.05, 0) is 187 Å². The van der Waals surface area contributed by atoms with Gasteiger partial charge in [-0.25, -0.2) is 0 Å². The van der Waals surface area contributed by atoms with Gasteiger partial charge in [-0.3, -0.25) is 19.2 Å². The molecule has 4 aromatic rings. The highest BCUT2D eigenvalue weighted by atomic mass is 127. The van der Waals surface area contributed by atoms with E-state index in [1.54, 1.807) is 28.4 Å². The SMILES string of the molecule is CC(=O)O.CC(=O)O.CC(=O)O.CC(=O)O.COc1ccc(I)cc1.COc1ccc(I)cc1.COc1ccc(I)cc1.COc1ccc(I)cc1. The Morgan fingerprint density at radius 3 is 0.519 bits per heavy atom. The minimum absolute atomic E-state index is 0.833. The second-order valence-electron chi connectivity index (χ2n) is 8.71. The van der Waals surface area contributed by atoms with Crippen molar-refractivity contribution in [3.63, 3.8) is 0 Å². The van der Waals surface area contributed by atoms with Gasteiger partial charge < -0.3 is 39.4 Å². The maximum Gasteiger partial charge on any atom is 0.300 e. The molecule has 0 saturated carbocycles. The van der Waals surface area contributed by atoms with Crippen LogP contribution in [0.25, 0.3) is 0 Å². The summed E-state index contributed by atoms with van der Waals surface area (Å²) >= 11 is 9.03. The lowest BCUT2D eigenvalue weighted by Crippen LogP contribution is -1.80. The van der Waals surface area contributed by atoms with Crippen LogP contribution in [0.3, 0.4) is 0 Å². The van der Waals surface area contributed by atoms with Crippen LogP contribution in [0.5, 0.6) is 23.0 Å². The number of methoxy groups -OCH3 is 4. The number of benzene rings is 4. The average molecular weight is 1180 g/mol. The van der Waals surface area contributed by atoms with Crippen LogP contribution in [-0.4, -0.2) is 72.7 Å². The van der Waals surface area contributed by atoms with E-state index in [0.717, 1.165) is 50.7 Å². The van der Waals surface area contributed by atoms with Gasteiger partial charge in [0.2, 0.25) is 0 Å². The Balaban J connectivity index is -0.000000261. The lowest BCUT2D eigenvalue weighted by Gasteiger charge is -1.96. The van der Waals surface area contributed by atoms with E-state index in [-0.39, 0.29) is 0 Å². The third kappa shape index (κ3) is 49.0. The summed E-state index contributed by atoms with van der Waals surface area (Å²) in [6, 6.07) is 31.7. The molecule has 0 amide bonds. The number of hydrogen-bond acceptors (Lipinski definition) is 8. The summed E-state index contributed by atoms with van der Waals surface area (Å²) < 4.78 is 24.8. The molecule has 4 N–H and O–H groups in total. The first-order valence-corrected chi connectivity index (χ1v) is 18.5. The molecule has 0 aliphatic rings. The maximum atomic E-state index is 9.00. The molecule has 16 heteroatoms. The molecule has 0 saturated heterocycles. The van der Waals surface area contributed by atoms with E-state index in [2.05, 4.69) is 90.4 Å². The zero-order chi connectivity index (χ0) is 41.1. The fraction of sp³-hybridized carbons (Fsp3) is 0.222. The van der Waals surface area contributed by atoms with Gasteiger partial charge in [0.25, 0.3) is 23.9 Å². The number of aliphatic carboxylic acids is 4.